The van der Waals surface area contributed by atoms with Gasteiger partial charge in [-0.15, -0.1) is 0 Å². The number of nitrogen functional groups attached to an aromatic ring is 1. The van der Waals surface area contributed by atoms with Crippen molar-refractivity contribution < 1.29 is 8.42 Å². The van der Waals surface area contributed by atoms with E-state index < -0.39 is 10.0 Å². The lowest BCUT2D eigenvalue weighted by Crippen LogP contribution is -2.15. The molecule has 8 heteroatoms. The first-order valence-electron chi connectivity index (χ1n) is 5.39. The van der Waals surface area contributed by atoms with Gasteiger partial charge in [0.1, 0.15) is 10.7 Å². The first-order valence-corrected chi connectivity index (χ1v) is 6.87. The second-order valence-electron chi connectivity index (χ2n) is 3.82. The molecule has 0 radical (unpaired) electrons. The maximum Gasteiger partial charge on any atom is 0.263 e. The first kappa shape index (κ1) is 13.2. The molecule has 0 fully saturated rings. The van der Waals surface area contributed by atoms with Crippen LogP contribution in [-0.2, 0) is 10.0 Å². The number of aromatic nitrogens is 2. The van der Waals surface area contributed by atoms with Gasteiger partial charge in [0, 0.05) is 12.4 Å². The van der Waals surface area contributed by atoms with Crippen LogP contribution in [0.25, 0.3) is 0 Å². The summed E-state index contributed by atoms with van der Waals surface area (Å²) in [6.45, 7) is 1.79. The van der Waals surface area contributed by atoms with Crippen LogP contribution in [0.15, 0.2) is 41.7 Å². The van der Waals surface area contributed by atoms with Crippen LogP contribution in [0.1, 0.15) is 5.56 Å². The highest BCUT2D eigenvalue weighted by atomic mass is 32.2. The summed E-state index contributed by atoms with van der Waals surface area (Å²) in [6.07, 6.45) is 4.27. The number of nitrogens with one attached hydrogen (secondary N) is 2. The molecule has 0 bridgehead atoms. The van der Waals surface area contributed by atoms with Crippen LogP contribution in [-0.4, -0.2) is 18.4 Å². The number of aryl methyl sites for hydroxylation is 1. The van der Waals surface area contributed by atoms with E-state index in [1.807, 2.05) is 0 Å². The highest BCUT2D eigenvalue weighted by molar-refractivity contribution is 7.92. The summed E-state index contributed by atoms with van der Waals surface area (Å²) in [6, 6.07) is 4.61. The fraction of sp³-hybridized carbons (Fsp3) is 0.0909. The minimum atomic E-state index is -3.68. The molecule has 100 valence electrons. The summed E-state index contributed by atoms with van der Waals surface area (Å²) in [7, 11) is -3.68. The molecule has 0 saturated carbocycles. The zero-order valence-electron chi connectivity index (χ0n) is 10.2. The lowest BCUT2D eigenvalue weighted by Gasteiger charge is -2.09. The molecule has 0 saturated heterocycles. The average molecular weight is 279 g/mol. The van der Waals surface area contributed by atoms with Gasteiger partial charge >= 0.3 is 0 Å². The number of nitrogens with zero attached hydrogens (tertiary/aromatic N) is 2. The number of sulfonamides is 1. The van der Waals surface area contributed by atoms with E-state index in [0.717, 1.165) is 5.56 Å². The molecule has 0 spiro atoms. The Balaban J connectivity index is 2.30. The molecule has 0 aliphatic carbocycles. The lowest BCUT2D eigenvalue weighted by molar-refractivity contribution is 0.601. The smallest absolute Gasteiger partial charge is 0.263 e. The average Bonchev–Trinajstić information content (AvgIpc) is 2.41. The van der Waals surface area contributed by atoms with Crippen molar-refractivity contribution in [3.8, 4) is 0 Å². The Hall–Kier alpha value is -2.19. The van der Waals surface area contributed by atoms with Crippen molar-refractivity contribution in [3.63, 3.8) is 0 Å². The third-order valence-corrected chi connectivity index (χ3v) is 3.83. The third-order valence-electron chi connectivity index (χ3n) is 2.48. The van der Waals surface area contributed by atoms with Crippen molar-refractivity contribution in [1.29, 1.82) is 0 Å². The largest absolute Gasteiger partial charge is 0.308 e. The van der Waals surface area contributed by atoms with Gasteiger partial charge in [0.05, 0.1) is 11.9 Å². The Kier molecular flexibility index (Phi) is 3.63. The van der Waals surface area contributed by atoms with E-state index in [4.69, 9.17) is 5.84 Å². The molecular formula is C11H13N5O2S. The van der Waals surface area contributed by atoms with E-state index in [2.05, 4.69) is 20.1 Å². The molecule has 7 nitrogen and oxygen atoms in total. The number of hydrazine groups is 1. The normalized spacial score (nSPS) is 11.1. The molecule has 2 heterocycles. The summed E-state index contributed by atoms with van der Waals surface area (Å²) in [5, 5.41) is 0. The molecule has 0 aliphatic rings. The van der Waals surface area contributed by atoms with E-state index >= 15 is 0 Å². The van der Waals surface area contributed by atoms with E-state index in [1.54, 1.807) is 19.2 Å². The molecule has 4 N–H and O–H groups in total. The number of pyridine rings is 2. The van der Waals surface area contributed by atoms with Crippen molar-refractivity contribution in [1.82, 2.24) is 9.97 Å². The monoisotopic (exact) mass is 279 g/mol. The molecule has 0 aromatic carbocycles. The minimum absolute atomic E-state index is 0.0507. The van der Waals surface area contributed by atoms with Crippen molar-refractivity contribution in [2.45, 2.75) is 11.8 Å². The van der Waals surface area contributed by atoms with Crippen LogP contribution in [0.2, 0.25) is 0 Å². The van der Waals surface area contributed by atoms with Gasteiger partial charge in [0.15, 0.2) is 0 Å². The molecule has 0 aliphatic heterocycles. The van der Waals surface area contributed by atoms with Gasteiger partial charge < -0.3 is 5.43 Å². The number of anilines is 2. The van der Waals surface area contributed by atoms with Gasteiger partial charge in [0.2, 0.25) is 0 Å². The Morgan fingerprint density at radius 1 is 1.21 bits per heavy atom. The van der Waals surface area contributed by atoms with Crippen molar-refractivity contribution in [2.24, 2.45) is 5.84 Å². The molecular weight excluding hydrogens is 266 g/mol. The second-order valence-corrected chi connectivity index (χ2v) is 5.50. The standard InChI is InChI=1S/C11H13N5O2S/c1-8-4-5-13-7-10(8)16-19(17,18)9-2-3-11(15-12)14-6-9/h2-7,16H,12H2,1H3,(H,14,15). The van der Waals surface area contributed by atoms with Crippen molar-refractivity contribution in [2.75, 3.05) is 10.1 Å². The topological polar surface area (TPSA) is 110 Å². The maximum absolute atomic E-state index is 12.1. The quantitative estimate of drug-likeness (QED) is 0.566. The molecule has 2 rings (SSSR count). The van der Waals surface area contributed by atoms with E-state index in [1.165, 1.54) is 24.5 Å². The maximum atomic E-state index is 12.1. The Bertz CT molecular complexity index is 670. The predicted octanol–water partition coefficient (Wildman–Crippen LogP) is 0.871. The molecule has 0 unspecified atom stereocenters. The Labute approximate surface area is 110 Å². The zero-order chi connectivity index (χ0) is 13.9. The summed E-state index contributed by atoms with van der Waals surface area (Å²) in [4.78, 5) is 7.79. The SMILES string of the molecule is Cc1ccncc1NS(=O)(=O)c1ccc(NN)nc1. The number of hydrogen-bond donors (Lipinski definition) is 3. The van der Waals surface area contributed by atoms with Gasteiger partial charge in [-0.2, -0.15) is 0 Å². The Morgan fingerprint density at radius 3 is 2.58 bits per heavy atom. The molecule has 2 aromatic heterocycles. The number of rotatable bonds is 4. The van der Waals surface area contributed by atoms with Crippen molar-refractivity contribution >= 4 is 21.5 Å². The van der Waals surface area contributed by atoms with E-state index in [-0.39, 0.29) is 4.90 Å². The summed E-state index contributed by atoms with van der Waals surface area (Å²) in [5.41, 5.74) is 3.55. The summed E-state index contributed by atoms with van der Waals surface area (Å²) < 4.78 is 26.7. The second kappa shape index (κ2) is 5.21. The van der Waals surface area contributed by atoms with Crippen LogP contribution < -0.4 is 16.0 Å². The minimum Gasteiger partial charge on any atom is -0.308 e. The van der Waals surface area contributed by atoms with Gasteiger partial charge in [-0.05, 0) is 30.7 Å². The van der Waals surface area contributed by atoms with Crippen molar-refractivity contribution in [3.05, 3.63) is 42.4 Å². The lowest BCUT2D eigenvalue weighted by atomic mass is 10.3. The fourth-order valence-corrected chi connectivity index (χ4v) is 2.46. The Morgan fingerprint density at radius 2 is 2.00 bits per heavy atom. The van der Waals surface area contributed by atoms with Crippen LogP contribution in [0.5, 0.6) is 0 Å². The summed E-state index contributed by atoms with van der Waals surface area (Å²) >= 11 is 0. The predicted molar refractivity (Wildman–Crippen MR) is 71.8 cm³/mol. The summed E-state index contributed by atoms with van der Waals surface area (Å²) in [5.74, 6) is 5.55. The van der Waals surface area contributed by atoms with Gasteiger partial charge in [-0.3, -0.25) is 9.71 Å². The van der Waals surface area contributed by atoms with Crippen LogP contribution >= 0.6 is 0 Å². The van der Waals surface area contributed by atoms with Crippen LogP contribution in [0.3, 0.4) is 0 Å². The third kappa shape index (κ3) is 2.98. The van der Waals surface area contributed by atoms with Crippen LogP contribution in [0, 0.1) is 6.92 Å². The molecule has 0 amide bonds. The molecule has 19 heavy (non-hydrogen) atoms. The fourth-order valence-electron chi connectivity index (χ4n) is 1.40. The number of nitrogens with two attached hydrogens (primary N) is 1. The highest BCUT2D eigenvalue weighted by Gasteiger charge is 2.15. The first-order chi connectivity index (χ1) is 9.03. The van der Waals surface area contributed by atoms with E-state index in [0.29, 0.717) is 11.5 Å². The highest BCUT2D eigenvalue weighted by Crippen LogP contribution is 2.18. The molecule has 2 aromatic rings. The molecule has 0 atom stereocenters. The van der Waals surface area contributed by atoms with Gasteiger partial charge in [-0.1, -0.05) is 0 Å². The zero-order valence-corrected chi connectivity index (χ0v) is 11.0. The number of hydrogen-bond acceptors (Lipinski definition) is 6. The van der Waals surface area contributed by atoms with E-state index in [9.17, 15) is 8.42 Å². The van der Waals surface area contributed by atoms with Gasteiger partial charge in [-0.25, -0.2) is 19.2 Å². The van der Waals surface area contributed by atoms with Gasteiger partial charge in [0.25, 0.3) is 10.0 Å². The van der Waals surface area contributed by atoms with Crippen LogP contribution in [0.4, 0.5) is 11.5 Å².